The molecule has 0 aliphatic rings. The largest absolute Gasteiger partial charge is 0.497 e. The van der Waals surface area contributed by atoms with Gasteiger partial charge in [-0.1, -0.05) is 54.1 Å². The van der Waals surface area contributed by atoms with E-state index in [2.05, 4.69) is 15.5 Å². The van der Waals surface area contributed by atoms with Crippen molar-refractivity contribution in [3.63, 3.8) is 0 Å². The van der Waals surface area contributed by atoms with Crippen molar-refractivity contribution >= 4 is 40.6 Å². The molecule has 0 spiro atoms. The number of H-pyrrole nitrogens is 1. The molecule has 41 heavy (non-hydrogen) atoms. The van der Waals surface area contributed by atoms with Crippen LogP contribution in [0.3, 0.4) is 0 Å². The fourth-order valence-electron chi connectivity index (χ4n) is 4.32. The van der Waals surface area contributed by atoms with E-state index in [4.69, 9.17) is 25.8 Å². The van der Waals surface area contributed by atoms with Gasteiger partial charge in [-0.3, -0.25) is 4.79 Å². The lowest BCUT2D eigenvalue weighted by molar-refractivity contribution is 0.0728. The Balaban J connectivity index is 1.35. The number of para-hydroxylation sites is 1. The van der Waals surface area contributed by atoms with Crippen LogP contribution in [0.2, 0.25) is 5.02 Å². The minimum Gasteiger partial charge on any atom is -0.497 e. The number of carbonyl (C=O) groups excluding carboxylic acids is 2. The van der Waals surface area contributed by atoms with Gasteiger partial charge in [0.15, 0.2) is 11.5 Å². The molecule has 9 heteroatoms. The van der Waals surface area contributed by atoms with Crippen molar-refractivity contribution in [2.45, 2.75) is 6.92 Å². The summed E-state index contributed by atoms with van der Waals surface area (Å²) in [5.74, 6) is 0.298. The summed E-state index contributed by atoms with van der Waals surface area (Å²) < 4.78 is 16.4. The first kappa shape index (κ1) is 27.5. The molecule has 5 aromatic rings. The molecule has 0 aliphatic carbocycles. The molecule has 0 saturated carbocycles. The number of halogens is 1. The number of carbonyl (C=O) groups is 2. The van der Waals surface area contributed by atoms with E-state index >= 15 is 0 Å². The Morgan fingerprint density at radius 2 is 1.73 bits per heavy atom. The van der Waals surface area contributed by atoms with Crippen molar-refractivity contribution < 1.29 is 23.8 Å². The van der Waals surface area contributed by atoms with E-state index in [0.29, 0.717) is 45.5 Å². The number of amides is 1. The molecule has 1 heterocycles. The molecule has 8 nitrogen and oxygen atoms in total. The van der Waals surface area contributed by atoms with Gasteiger partial charge < -0.3 is 19.2 Å². The monoisotopic (exact) mass is 567 g/mol. The molecule has 0 unspecified atom stereocenters. The van der Waals surface area contributed by atoms with Crippen molar-refractivity contribution in [2.75, 3.05) is 13.7 Å². The summed E-state index contributed by atoms with van der Waals surface area (Å²) in [7, 11) is 1.55. The van der Waals surface area contributed by atoms with Gasteiger partial charge in [-0.05, 0) is 66.6 Å². The number of nitrogens with one attached hydrogen (secondary N) is 2. The lowest BCUT2D eigenvalue weighted by atomic mass is 10.0. The maximum absolute atomic E-state index is 13.2. The second kappa shape index (κ2) is 12.4. The average molecular weight is 568 g/mol. The van der Waals surface area contributed by atoms with Crippen LogP contribution in [-0.4, -0.2) is 36.8 Å². The number of aromatic amines is 1. The van der Waals surface area contributed by atoms with Gasteiger partial charge in [0.25, 0.3) is 5.91 Å². The first-order chi connectivity index (χ1) is 20.0. The number of methoxy groups -OCH3 is 1. The van der Waals surface area contributed by atoms with Gasteiger partial charge in [-0.25, -0.2) is 10.2 Å². The number of aromatic nitrogens is 1. The van der Waals surface area contributed by atoms with E-state index in [9.17, 15) is 9.59 Å². The molecule has 5 rings (SSSR count). The van der Waals surface area contributed by atoms with Gasteiger partial charge in [0.2, 0.25) is 0 Å². The molecule has 0 aliphatic heterocycles. The third-order valence-corrected chi connectivity index (χ3v) is 6.56. The van der Waals surface area contributed by atoms with Crippen molar-refractivity contribution in [3.05, 3.63) is 113 Å². The Hall–Kier alpha value is -5.08. The predicted octanol–water partition coefficient (Wildman–Crippen LogP) is 6.88. The zero-order valence-corrected chi connectivity index (χ0v) is 23.1. The molecule has 0 bridgehead atoms. The van der Waals surface area contributed by atoms with Crippen LogP contribution in [0.25, 0.3) is 22.0 Å². The maximum atomic E-state index is 13.2. The van der Waals surface area contributed by atoms with Crippen molar-refractivity contribution in [2.24, 2.45) is 5.10 Å². The number of benzene rings is 4. The van der Waals surface area contributed by atoms with Crippen molar-refractivity contribution in [3.8, 4) is 28.4 Å². The van der Waals surface area contributed by atoms with Crippen LogP contribution in [0.5, 0.6) is 17.2 Å². The van der Waals surface area contributed by atoms with E-state index in [0.717, 1.165) is 16.5 Å². The first-order valence-corrected chi connectivity index (χ1v) is 13.2. The highest BCUT2D eigenvalue weighted by Crippen LogP contribution is 2.35. The van der Waals surface area contributed by atoms with Crippen LogP contribution in [-0.2, 0) is 0 Å². The van der Waals surface area contributed by atoms with Crippen LogP contribution in [0.4, 0.5) is 0 Å². The molecule has 4 aromatic carbocycles. The van der Waals surface area contributed by atoms with Crippen LogP contribution < -0.4 is 19.6 Å². The highest BCUT2D eigenvalue weighted by atomic mass is 35.5. The summed E-state index contributed by atoms with van der Waals surface area (Å²) >= 11 is 6.41. The molecule has 0 radical (unpaired) electrons. The van der Waals surface area contributed by atoms with Crippen molar-refractivity contribution in [1.29, 1.82) is 0 Å². The Morgan fingerprint density at radius 1 is 0.951 bits per heavy atom. The number of fused-ring (bicyclic) bond motifs is 1. The summed E-state index contributed by atoms with van der Waals surface area (Å²) in [6.45, 7) is 2.18. The second-order valence-corrected chi connectivity index (χ2v) is 9.27. The zero-order chi connectivity index (χ0) is 28.8. The second-order valence-electron chi connectivity index (χ2n) is 8.86. The SMILES string of the molecule is CCOc1cc(C=NNC(=O)c2[nH]c3c(Cl)cccc3c2-c2ccccc2)ccc1OC(=O)c1ccc(OC)cc1. The molecular weight excluding hydrogens is 542 g/mol. The molecule has 0 fully saturated rings. The number of hydrogen-bond acceptors (Lipinski definition) is 6. The molecule has 0 saturated heterocycles. The third-order valence-electron chi connectivity index (χ3n) is 6.25. The number of hydrazone groups is 1. The summed E-state index contributed by atoms with van der Waals surface area (Å²) in [6, 6.07) is 26.7. The summed E-state index contributed by atoms with van der Waals surface area (Å²) in [6.07, 6.45) is 1.48. The quantitative estimate of drug-likeness (QED) is 0.0875. The first-order valence-electron chi connectivity index (χ1n) is 12.8. The number of nitrogens with zero attached hydrogens (tertiary/aromatic N) is 1. The number of ether oxygens (including phenoxy) is 3. The van der Waals surface area contributed by atoms with Gasteiger partial charge in [0.05, 0.1) is 36.0 Å². The van der Waals surface area contributed by atoms with E-state index in [-0.39, 0.29) is 5.75 Å². The van der Waals surface area contributed by atoms with Crippen molar-refractivity contribution in [1.82, 2.24) is 10.4 Å². The molecule has 2 N–H and O–H groups in total. The summed E-state index contributed by atoms with van der Waals surface area (Å²) in [5.41, 5.74) is 6.20. The standard InChI is InChI=1S/C32H26ClN3O5/c1-3-40-27-18-20(12-17-26(27)41-32(38)22-13-15-23(39-2)16-14-22)19-34-36-31(37)30-28(21-8-5-4-6-9-21)24-10-7-11-25(33)29(24)35-30/h4-19,35H,3H2,1-2H3,(H,36,37). The average Bonchev–Trinajstić information content (AvgIpc) is 3.40. The topological polar surface area (TPSA) is 102 Å². The lowest BCUT2D eigenvalue weighted by Gasteiger charge is -2.11. The Bertz CT molecular complexity index is 1730. The normalized spacial score (nSPS) is 11.0. The van der Waals surface area contributed by atoms with Gasteiger partial charge in [0.1, 0.15) is 11.4 Å². The molecular formula is C32H26ClN3O5. The van der Waals surface area contributed by atoms with E-state index in [1.807, 2.05) is 49.4 Å². The van der Waals surface area contributed by atoms with Crippen LogP contribution in [0.15, 0.2) is 96.1 Å². The fourth-order valence-corrected chi connectivity index (χ4v) is 4.54. The Kier molecular flexibility index (Phi) is 8.31. The van der Waals surface area contributed by atoms with Gasteiger partial charge in [-0.2, -0.15) is 5.10 Å². The van der Waals surface area contributed by atoms with Crippen LogP contribution in [0.1, 0.15) is 33.3 Å². The number of hydrogen-bond donors (Lipinski definition) is 2. The molecule has 0 atom stereocenters. The minimum absolute atomic E-state index is 0.260. The van der Waals surface area contributed by atoms with Crippen LogP contribution in [0, 0.1) is 0 Å². The molecule has 1 aromatic heterocycles. The van der Waals surface area contributed by atoms with E-state index in [1.54, 1.807) is 55.6 Å². The van der Waals surface area contributed by atoms with Gasteiger partial charge in [-0.15, -0.1) is 0 Å². The zero-order valence-electron chi connectivity index (χ0n) is 22.3. The fraction of sp³-hybridized carbons (Fsp3) is 0.0938. The van der Waals surface area contributed by atoms with E-state index < -0.39 is 11.9 Å². The smallest absolute Gasteiger partial charge is 0.343 e. The lowest BCUT2D eigenvalue weighted by Crippen LogP contribution is -2.18. The van der Waals surface area contributed by atoms with Crippen LogP contribution >= 0.6 is 11.6 Å². The molecule has 206 valence electrons. The maximum Gasteiger partial charge on any atom is 0.343 e. The van der Waals surface area contributed by atoms with E-state index in [1.165, 1.54) is 6.21 Å². The van der Waals surface area contributed by atoms with Gasteiger partial charge in [0, 0.05) is 10.9 Å². The third kappa shape index (κ3) is 6.08. The Labute approximate surface area is 241 Å². The predicted molar refractivity (Wildman–Crippen MR) is 159 cm³/mol. The summed E-state index contributed by atoms with van der Waals surface area (Å²) in [5, 5.41) is 5.49. The number of esters is 1. The Morgan fingerprint density at radius 3 is 2.46 bits per heavy atom. The minimum atomic E-state index is -0.532. The molecule has 1 amide bonds. The summed E-state index contributed by atoms with van der Waals surface area (Å²) in [4.78, 5) is 29.0. The highest BCUT2D eigenvalue weighted by Gasteiger charge is 2.20. The number of rotatable bonds is 9. The van der Waals surface area contributed by atoms with Gasteiger partial charge >= 0.3 is 5.97 Å². The highest BCUT2D eigenvalue weighted by molar-refractivity contribution is 6.36.